The fraction of sp³-hybridized carbons (Fsp3) is 0.158. The third-order valence-corrected chi connectivity index (χ3v) is 4.39. The fourth-order valence-electron chi connectivity index (χ4n) is 2.32. The van der Waals surface area contributed by atoms with E-state index in [-0.39, 0.29) is 11.9 Å². The van der Waals surface area contributed by atoms with Crippen molar-refractivity contribution in [1.29, 1.82) is 0 Å². The lowest BCUT2D eigenvalue weighted by Crippen LogP contribution is -2.31. The summed E-state index contributed by atoms with van der Waals surface area (Å²) < 4.78 is 0. The average Bonchev–Trinajstić information content (AvgIpc) is 3.03. The van der Waals surface area contributed by atoms with Crippen LogP contribution >= 0.6 is 11.3 Å². The summed E-state index contributed by atoms with van der Waals surface area (Å²) in [7, 11) is 0. The molecule has 0 aliphatic heterocycles. The highest BCUT2D eigenvalue weighted by molar-refractivity contribution is 7.09. The van der Waals surface area contributed by atoms with Crippen LogP contribution in [0.4, 0.5) is 11.4 Å². The summed E-state index contributed by atoms with van der Waals surface area (Å²) in [6.45, 7) is 3.84. The third-order valence-electron chi connectivity index (χ3n) is 3.62. The van der Waals surface area contributed by atoms with Crippen LogP contribution in [0.2, 0.25) is 0 Å². The van der Waals surface area contributed by atoms with Gasteiger partial charge in [0.15, 0.2) is 0 Å². The molecule has 2 aromatic carbocycles. The molecule has 0 saturated heterocycles. The Labute approximate surface area is 145 Å². The Balaban J connectivity index is 1.62. The second kappa shape index (κ2) is 7.27. The standard InChI is InChI=1S/C19H19N3OS/c1-13(19(23)22-16-6-4-3-5-7-16)20-17-10-8-15(9-11-17)18-12-24-14(2)21-18/h3-13,20H,1-2H3,(H,22,23). The van der Waals surface area contributed by atoms with E-state index in [4.69, 9.17) is 0 Å². The summed E-state index contributed by atoms with van der Waals surface area (Å²) in [6, 6.07) is 17.1. The number of thiazole rings is 1. The van der Waals surface area contributed by atoms with Crippen LogP contribution in [0.5, 0.6) is 0 Å². The molecule has 1 atom stereocenters. The Morgan fingerprint density at radius 2 is 1.75 bits per heavy atom. The molecule has 3 aromatic rings. The third kappa shape index (κ3) is 4.00. The number of rotatable bonds is 5. The van der Waals surface area contributed by atoms with Crippen molar-refractivity contribution in [2.24, 2.45) is 0 Å². The summed E-state index contributed by atoms with van der Waals surface area (Å²) in [5, 5.41) is 9.21. The maximum absolute atomic E-state index is 12.2. The van der Waals surface area contributed by atoms with Crippen LogP contribution in [-0.4, -0.2) is 16.9 Å². The average molecular weight is 337 g/mol. The molecule has 0 saturated carbocycles. The van der Waals surface area contributed by atoms with Gasteiger partial charge < -0.3 is 10.6 Å². The monoisotopic (exact) mass is 337 g/mol. The van der Waals surface area contributed by atoms with Gasteiger partial charge in [0.05, 0.1) is 10.7 Å². The van der Waals surface area contributed by atoms with Gasteiger partial charge in [-0.25, -0.2) is 4.98 Å². The van der Waals surface area contributed by atoms with Gasteiger partial charge in [-0.2, -0.15) is 0 Å². The van der Waals surface area contributed by atoms with Crippen LogP contribution in [0.3, 0.4) is 0 Å². The number of aryl methyl sites for hydroxylation is 1. The van der Waals surface area contributed by atoms with Crippen molar-refractivity contribution in [3.63, 3.8) is 0 Å². The molecule has 1 amide bonds. The van der Waals surface area contributed by atoms with Crippen LogP contribution < -0.4 is 10.6 Å². The zero-order chi connectivity index (χ0) is 16.9. The molecule has 0 aliphatic rings. The molecule has 0 bridgehead atoms. The first-order valence-electron chi connectivity index (χ1n) is 7.77. The van der Waals surface area contributed by atoms with E-state index in [0.29, 0.717) is 0 Å². The molecular weight excluding hydrogens is 318 g/mol. The highest BCUT2D eigenvalue weighted by Crippen LogP contribution is 2.23. The Kier molecular flexibility index (Phi) is 4.91. The van der Waals surface area contributed by atoms with Crippen molar-refractivity contribution in [3.05, 3.63) is 65.0 Å². The molecule has 1 unspecified atom stereocenters. The summed E-state index contributed by atoms with van der Waals surface area (Å²) in [5.74, 6) is -0.0691. The molecule has 2 N–H and O–H groups in total. The topological polar surface area (TPSA) is 54.0 Å². The Morgan fingerprint density at radius 3 is 2.38 bits per heavy atom. The first kappa shape index (κ1) is 16.2. The van der Waals surface area contributed by atoms with Gasteiger partial charge in [0.25, 0.3) is 0 Å². The fourth-order valence-corrected chi connectivity index (χ4v) is 2.94. The zero-order valence-corrected chi connectivity index (χ0v) is 14.4. The van der Waals surface area contributed by atoms with Crippen molar-refractivity contribution in [1.82, 2.24) is 4.98 Å². The van der Waals surface area contributed by atoms with Gasteiger partial charge in [0, 0.05) is 22.3 Å². The van der Waals surface area contributed by atoms with E-state index >= 15 is 0 Å². The van der Waals surface area contributed by atoms with Crippen molar-refractivity contribution in [2.45, 2.75) is 19.9 Å². The summed E-state index contributed by atoms with van der Waals surface area (Å²) in [4.78, 5) is 16.7. The maximum atomic E-state index is 12.2. The normalized spacial score (nSPS) is 11.8. The second-order valence-electron chi connectivity index (χ2n) is 5.55. The van der Waals surface area contributed by atoms with Crippen molar-refractivity contribution in [2.75, 3.05) is 10.6 Å². The number of benzene rings is 2. The Bertz CT molecular complexity index is 812. The molecule has 0 aliphatic carbocycles. The molecule has 5 heteroatoms. The molecular formula is C19H19N3OS. The lowest BCUT2D eigenvalue weighted by atomic mass is 10.1. The van der Waals surface area contributed by atoms with Crippen molar-refractivity contribution >= 4 is 28.6 Å². The highest BCUT2D eigenvalue weighted by Gasteiger charge is 2.12. The predicted molar refractivity (Wildman–Crippen MR) is 100 cm³/mol. The van der Waals surface area contributed by atoms with E-state index in [1.54, 1.807) is 11.3 Å². The van der Waals surface area contributed by atoms with Crippen LogP contribution in [-0.2, 0) is 4.79 Å². The number of hydrogen-bond acceptors (Lipinski definition) is 4. The van der Waals surface area contributed by atoms with Crippen molar-refractivity contribution in [3.8, 4) is 11.3 Å². The summed E-state index contributed by atoms with van der Waals surface area (Å²) in [5.41, 5.74) is 3.76. The lowest BCUT2D eigenvalue weighted by molar-refractivity contribution is -0.116. The number of aromatic nitrogens is 1. The molecule has 0 fully saturated rings. The molecule has 3 rings (SSSR count). The molecule has 0 spiro atoms. The van der Waals surface area contributed by atoms with E-state index in [0.717, 1.165) is 27.6 Å². The first-order valence-corrected chi connectivity index (χ1v) is 8.65. The molecule has 0 radical (unpaired) electrons. The summed E-state index contributed by atoms with van der Waals surface area (Å²) >= 11 is 1.64. The van der Waals surface area contributed by atoms with Gasteiger partial charge in [-0.3, -0.25) is 4.79 Å². The van der Waals surface area contributed by atoms with Crippen molar-refractivity contribution < 1.29 is 4.79 Å². The number of hydrogen-bond donors (Lipinski definition) is 2. The number of nitrogens with zero attached hydrogens (tertiary/aromatic N) is 1. The van der Waals surface area contributed by atoms with Gasteiger partial charge in [-0.1, -0.05) is 30.3 Å². The Morgan fingerprint density at radius 1 is 1.04 bits per heavy atom. The quantitative estimate of drug-likeness (QED) is 0.718. The lowest BCUT2D eigenvalue weighted by Gasteiger charge is -2.15. The first-order chi connectivity index (χ1) is 11.6. The van der Waals surface area contributed by atoms with E-state index < -0.39 is 0 Å². The van der Waals surface area contributed by atoms with E-state index in [2.05, 4.69) is 15.6 Å². The largest absolute Gasteiger partial charge is 0.374 e. The minimum Gasteiger partial charge on any atom is -0.374 e. The van der Waals surface area contributed by atoms with E-state index in [9.17, 15) is 4.79 Å². The number of para-hydroxylation sites is 1. The molecule has 4 nitrogen and oxygen atoms in total. The van der Waals surface area contributed by atoms with Gasteiger partial charge in [0.1, 0.15) is 6.04 Å². The molecule has 1 heterocycles. The number of anilines is 2. The molecule has 122 valence electrons. The number of nitrogens with one attached hydrogen (secondary N) is 2. The van der Waals surface area contributed by atoms with Crippen LogP contribution in [0.1, 0.15) is 11.9 Å². The van der Waals surface area contributed by atoms with Gasteiger partial charge in [-0.05, 0) is 38.1 Å². The van der Waals surface area contributed by atoms with Gasteiger partial charge in [0.2, 0.25) is 5.91 Å². The highest BCUT2D eigenvalue weighted by atomic mass is 32.1. The maximum Gasteiger partial charge on any atom is 0.246 e. The van der Waals surface area contributed by atoms with Crippen LogP contribution in [0, 0.1) is 6.92 Å². The second-order valence-corrected chi connectivity index (χ2v) is 6.61. The predicted octanol–water partition coefficient (Wildman–Crippen LogP) is 4.56. The van der Waals surface area contributed by atoms with Gasteiger partial charge >= 0.3 is 0 Å². The number of carbonyl (C=O) groups is 1. The number of amides is 1. The summed E-state index contributed by atoms with van der Waals surface area (Å²) in [6.07, 6.45) is 0. The van der Waals surface area contributed by atoms with Gasteiger partial charge in [-0.15, -0.1) is 11.3 Å². The number of carbonyl (C=O) groups excluding carboxylic acids is 1. The molecule has 1 aromatic heterocycles. The van der Waals surface area contributed by atoms with Crippen LogP contribution in [0.25, 0.3) is 11.3 Å². The SMILES string of the molecule is Cc1nc(-c2ccc(NC(C)C(=O)Nc3ccccc3)cc2)cs1. The minimum atomic E-state index is -0.336. The van der Waals surface area contributed by atoms with E-state index in [1.807, 2.05) is 73.8 Å². The Hall–Kier alpha value is -2.66. The molecule has 24 heavy (non-hydrogen) atoms. The van der Waals surface area contributed by atoms with Crippen LogP contribution in [0.15, 0.2) is 60.0 Å². The minimum absolute atomic E-state index is 0.0691. The van der Waals surface area contributed by atoms with E-state index in [1.165, 1.54) is 0 Å². The zero-order valence-electron chi connectivity index (χ0n) is 13.6. The smallest absolute Gasteiger partial charge is 0.246 e.